The average Bonchev–Trinajstić information content (AvgIpc) is 3.31. The molecule has 2 atom stereocenters. The Morgan fingerprint density at radius 2 is 1.87 bits per heavy atom. The number of carbonyl (C=O) groups is 1. The van der Waals surface area contributed by atoms with Crippen molar-refractivity contribution in [2.24, 2.45) is 0 Å². The first-order chi connectivity index (χ1) is 11.1. The highest BCUT2D eigenvalue weighted by molar-refractivity contribution is 5.95. The second kappa shape index (κ2) is 5.82. The summed E-state index contributed by atoms with van der Waals surface area (Å²) in [5, 5.41) is 0. The summed E-state index contributed by atoms with van der Waals surface area (Å²) >= 11 is 0. The van der Waals surface area contributed by atoms with Gasteiger partial charge in [0.15, 0.2) is 0 Å². The molecular weight excluding hydrogens is 290 g/mol. The third-order valence-electron chi connectivity index (χ3n) is 5.18. The zero-order valence-corrected chi connectivity index (χ0v) is 14.0. The molecule has 2 aliphatic heterocycles. The Morgan fingerprint density at radius 3 is 2.48 bits per heavy atom. The first kappa shape index (κ1) is 15.0. The number of carbonyl (C=O) groups excluding carboxylic acids is 1. The summed E-state index contributed by atoms with van der Waals surface area (Å²) in [5.41, 5.74) is 1.95. The molecule has 23 heavy (non-hydrogen) atoms. The predicted molar refractivity (Wildman–Crippen MR) is 88.0 cm³/mol. The van der Waals surface area contributed by atoms with Gasteiger partial charge in [-0.1, -0.05) is 19.9 Å². The van der Waals surface area contributed by atoms with Crippen molar-refractivity contribution in [1.29, 1.82) is 0 Å². The van der Waals surface area contributed by atoms with E-state index in [0.29, 0.717) is 25.2 Å². The van der Waals surface area contributed by atoms with Gasteiger partial charge in [-0.2, -0.15) is 0 Å². The highest BCUT2D eigenvalue weighted by atomic mass is 16.5. The van der Waals surface area contributed by atoms with E-state index in [2.05, 4.69) is 24.8 Å². The lowest BCUT2D eigenvalue weighted by molar-refractivity contribution is -0.00717. The molecule has 1 saturated carbocycles. The Balaban J connectivity index is 1.61. The SMILES string of the molecule is CC(C)c1ccc(C(=O)N2C3CCC2COC3)cc1OC1CC1. The van der Waals surface area contributed by atoms with Crippen LogP contribution in [0.15, 0.2) is 18.2 Å². The number of benzene rings is 1. The van der Waals surface area contributed by atoms with Gasteiger partial charge in [-0.05, 0) is 49.3 Å². The summed E-state index contributed by atoms with van der Waals surface area (Å²) in [6.07, 6.45) is 4.72. The molecule has 0 aromatic heterocycles. The molecule has 2 heterocycles. The Labute approximate surface area is 137 Å². The van der Waals surface area contributed by atoms with E-state index in [0.717, 1.165) is 37.0 Å². The van der Waals surface area contributed by atoms with Gasteiger partial charge >= 0.3 is 0 Å². The molecule has 4 heteroatoms. The predicted octanol–water partition coefficient (Wildman–Crippen LogP) is 3.35. The molecule has 2 bridgehead atoms. The van der Waals surface area contributed by atoms with E-state index in [9.17, 15) is 4.79 Å². The number of hydrogen-bond donors (Lipinski definition) is 0. The molecule has 1 aromatic rings. The van der Waals surface area contributed by atoms with Crippen LogP contribution in [0.5, 0.6) is 5.75 Å². The quantitative estimate of drug-likeness (QED) is 0.855. The van der Waals surface area contributed by atoms with Gasteiger partial charge in [0.2, 0.25) is 0 Å². The largest absolute Gasteiger partial charge is 0.490 e. The molecule has 3 fully saturated rings. The second-order valence-electron chi connectivity index (χ2n) is 7.36. The van der Waals surface area contributed by atoms with Crippen LogP contribution < -0.4 is 4.74 Å². The minimum Gasteiger partial charge on any atom is -0.490 e. The van der Waals surface area contributed by atoms with Gasteiger partial charge in [0.25, 0.3) is 5.91 Å². The topological polar surface area (TPSA) is 38.8 Å². The number of ether oxygens (including phenoxy) is 2. The van der Waals surface area contributed by atoms with Gasteiger partial charge in [-0.15, -0.1) is 0 Å². The first-order valence-corrected chi connectivity index (χ1v) is 8.84. The Kier molecular flexibility index (Phi) is 3.80. The van der Waals surface area contributed by atoms with Gasteiger partial charge in [-0.3, -0.25) is 4.79 Å². The van der Waals surface area contributed by atoms with Crippen molar-refractivity contribution in [3.05, 3.63) is 29.3 Å². The van der Waals surface area contributed by atoms with Crippen molar-refractivity contribution in [2.45, 2.75) is 63.6 Å². The van der Waals surface area contributed by atoms with Crippen LogP contribution in [0.1, 0.15) is 61.4 Å². The molecule has 0 spiro atoms. The first-order valence-electron chi connectivity index (χ1n) is 8.84. The molecule has 4 rings (SSSR count). The average molecular weight is 315 g/mol. The normalized spacial score (nSPS) is 26.7. The van der Waals surface area contributed by atoms with Gasteiger partial charge in [0.05, 0.1) is 31.4 Å². The lowest BCUT2D eigenvalue weighted by Gasteiger charge is -2.34. The summed E-state index contributed by atoms with van der Waals surface area (Å²) in [7, 11) is 0. The summed E-state index contributed by atoms with van der Waals surface area (Å²) in [5.74, 6) is 1.43. The molecule has 0 N–H and O–H groups in total. The van der Waals surface area contributed by atoms with Crippen molar-refractivity contribution < 1.29 is 14.3 Å². The van der Waals surface area contributed by atoms with Crippen LogP contribution in [0.2, 0.25) is 0 Å². The highest BCUT2D eigenvalue weighted by Gasteiger charge is 2.40. The summed E-state index contributed by atoms with van der Waals surface area (Å²) in [6.45, 7) is 5.69. The van der Waals surface area contributed by atoms with E-state index < -0.39 is 0 Å². The fourth-order valence-electron chi connectivity index (χ4n) is 3.72. The van der Waals surface area contributed by atoms with Crippen molar-refractivity contribution >= 4 is 5.91 Å². The zero-order valence-electron chi connectivity index (χ0n) is 14.0. The smallest absolute Gasteiger partial charge is 0.254 e. The van der Waals surface area contributed by atoms with Gasteiger partial charge in [0.1, 0.15) is 5.75 Å². The third kappa shape index (κ3) is 2.85. The lowest BCUT2D eigenvalue weighted by Crippen LogP contribution is -2.49. The summed E-state index contributed by atoms with van der Waals surface area (Å²) < 4.78 is 11.7. The molecule has 2 saturated heterocycles. The van der Waals surface area contributed by atoms with Gasteiger partial charge in [0, 0.05) is 5.56 Å². The van der Waals surface area contributed by atoms with Crippen molar-refractivity contribution in [3.8, 4) is 5.75 Å². The minimum absolute atomic E-state index is 0.136. The molecule has 1 aromatic carbocycles. The monoisotopic (exact) mass is 315 g/mol. The van der Waals surface area contributed by atoms with Crippen LogP contribution in [0.25, 0.3) is 0 Å². The van der Waals surface area contributed by atoms with E-state index in [4.69, 9.17) is 9.47 Å². The molecule has 3 aliphatic rings. The van der Waals surface area contributed by atoms with Crippen LogP contribution >= 0.6 is 0 Å². The molecule has 124 valence electrons. The molecular formula is C19H25NO3. The Morgan fingerprint density at radius 1 is 1.17 bits per heavy atom. The Bertz CT molecular complexity index is 593. The fraction of sp³-hybridized carbons (Fsp3) is 0.632. The molecule has 0 radical (unpaired) electrons. The van der Waals surface area contributed by atoms with Gasteiger partial charge in [-0.25, -0.2) is 0 Å². The molecule has 1 aliphatic carbocycles. The highest BCUT2D eigenvalue weighted by Crippen LogP contribution is 2.35. The summed E-state index contributed by atoms with van der Waals surface area (Å²) in [6, 6.07) is 6.49. The van der Waals surface area contributed by atoms with Crippen molar-refractivity contribution in [1.82, 2.24) is 4.90 Å². The van der Waals surface area contributed by atoms with Crippen LogP contribution in [0.3, 0.4) is 0 Å². The summed E-state index contributed by atoms with van der Waals surface area (Å²) in [4.78, 5) is 15.1. The number of nitrogens with zero attached hydrogens (tertiary/aromatic N) is 1. The molecule has 4 nitrogen and oxygen atoms in total. The van der Waals surface area contributed by atoms with E-state index in [1.54, 1.807) is 0 Å². The van der Waals surface area contributed by atoms with Crippen molar-refractivity contribution in [3.63, 3.8) is 0 Å². The molecule has 1 amide bonds. The van der Waals surface area contributed by atoms with Gasteiger partial charge < -0.3 is 14.4 Å². The van der Waals surface area contributed by atoms with Crippen LogP contribution in [-0.4, -0.2) is 42.2 Å². The van der Waals surface area contributed by atoms with Crippen LogP contribution in [0.4, 0.5) is 0 Å². The minimum atomic E-state index is 0.136. The van der Waals surface area contributed by atoms with E-state index in [-0.39, 0.29) is 18.0 Å². The fourth-order valence-corrected chi connectivity index (χ4v) is 3.72. The van der Waals surface area contributed by atoms with E-state index in [1.165, 1.54) is 5.56 Å². The number of rotatable bonds is 4. The van der Waals surface area contributed by atoms with E-state index in [1.807, 2.05) is 12.1 Å². The maximum absolute atomic E-state index is 13.0. The van der Waals surface area contributed by atoms with Crippen molar-refractivity contribution in [2.75, 3.05) is 13.2 Å². The van der Waals surface area contributed by atoms with E-state index >= 15 is 0 Å². The van der Waals surface area contributed by atoms with Crippen LogP contribution in [0, 0.1) is 0 Å². The maximum Gasteiger partial charge on any atom is 0.254 e. The standard InChI is InChI=1S/C19H25NO3/c1-12(2)17-8-3-13(9-18(17)23-16-6-7-16)19(21)20-14-4-5-15(20)11-22-10-14/h3,8-9,12,14-16H,4-7,10-11H2,1-2H3. The zero-order chi connectivity index (χ0) is 16.0. The number of morpholine rings is 1. The lowest BCUT2D eigenvalue weighted by atomic mass is 9.99. The number of fused-ring (bicyclic) bond motifs is 2. The number of hydrogen-bond acceptors (Lipinski definition) is 3. The molecule has 2 unspecified atom stereocenters. The third-order valence-corrected chi connectivity index (χ3v) is 5.18. The Hall–Kier alpha value is -1.55. The second-order valence-corrected chi connectivity index (χ2v) is 7.36. The number of amides is 1. The van der Waals surface area contributed by atoms with Crippen LogP contribution in [-0.2, 0) is 4.74 Å². The maximum atomic E-state index is 13.0.